The first kappa shape index (κ1) is 14.9. The van der Waals surface area contributed by atoms with Gasteiger partial charge in [0.1, 0.15) is 0 Å². The van der Waals surface area contributed by atoms with Crippen LogP contribution in [0, 0.1) is 11.3 Å². The second-order valence-electron chi connectivity index (χ2n) is 6.63. The van der Waals surface area contributed by atoms with Crippen molar-refractivity contribution < 1.29 is 0 Å². The number of nitrogens with two attached hydrogens (primary N) is 1. The van der Waals surface area contributed by atoms with E-state index in [0.717, 1.165) is 23.7 Å². The molecule has 2 rings (SSSR count). The Morgan fingerprint density at radius 1 is 1.47 bits per heavy atom. The standard InChI is InChI=1S/C15H26ClN3/c1-4-9-19-14(12(16)10-18-19)13(17)11-5-7-15(2,3)8-6-11/h10-11,13H,4-9,17H2,1-3H3. The summed E-state index contributed by atoms with van der Waals surface area (Å²) in [6, 6.07) is 0.0256. The van der Waals surface area contributed by atoms with Crippen LogP contribution in [-0.2, 0) is 6.54 Å². The van der Waals surface area contributed by atoms with Gasteiger partial charge in [-0.2, -0.15) is 5.10 Å². The van der Waals surface area contributed by atoms with Crippen LogP contribution < -0.4 is 5.73 Å². The van der Waals surface area contributed by atoms with Crippen molar-refractivity contribution in [2.75, 3.05) is 0 Å². The Morgan fingerprint density at radius 2 is 2.11 bits per heavy atom. The first-order chi connectivity index (χ1) is 8.94. The molecule has 1 saturated carbocycles. The topological polar surface area (TPSA) is 43.8 Å². The van der Waals surface area contributed by atoms with Gasteiger partial charge in [0.2, 0.25) is 0 Å². The number of nitrogens with zero attached hydrogens (tertiary/aromatic N) is 2. The van der Waals surface area contributed by atoms with Gasteiger partial charge in [0.25, 0.3) is 0 Å². The molecule has 1 aromatic heterocycles. The number of aryl methyl sites for hydroxylation is 1. The molecule has 1 aliphatic carbocycles. The van der Waals surface area contributed by atoms with Gasteiger partial charge in [-0.25, -0.2) is 0 Å². The predicted octanol–water partition coefficient (Wildman–Crippen LogP) is 4.16. The lowest BCUT2D eigenvalue weighted by molar-refractivity contribution is 0.171. The van der Waals surface area contributed by atoms with Crippen molar-refractivity contribution in [1.29, 1.82) is 0 Å². The molecule has 2 N–H and O–H groups in total. The molecule has 1 unspecified atom stereocenters. The van der Waals surface area contributed by atoms with Crippen molar-refractivity contribution in [3.05, 3.63) is 16.9 Å². The number of rotatable bonds is 4. The molecule has 0 aromatic carbocycles. The molecule has 1 fully saturated rings. The lowest BCUT2D eigenvalue weighted by Crippen LogP contribution is -2.30. The Bertz CT molecular complexity index is 415. The summed E-state index contributed by atoms with van der Waals surface area (Å²) in [4.78, 5) is 0. The average molecular weight is 284 g/mol. The summed E-state index contributed by atoms with van der Waals surface area (Å²) in [6.45, 7) is 7.74. The lowest BCUT2D eigenvalue weighted by Gasteiger charge is -2.37. The Morgan fingerprint density at radius 3 is 2.68 bits per heavy atom. The minimum absolute atomic E-state index is 0.0256. The second-order valence-corrected chi connectivity index (χ2v) is 7.04. The van der Waals surface area contributed by atoms with E-state index in [1.165, 1.54) is 25.7 Å². The monoisotopic (exact) mass is 283 g/mol. The van der Waals surface area contributed by atoms with Crippen molar-refractivity contribution in [2.24, 2.45) is 17.1 Å². The molecule has 1 heterocycles. The zero-order valence-electron chi connectivity index (χ0n) is 12.3. The minimum atomic E-state index is 0.0256. The fourth-order valence-electron chi connectivity index (χ4n) is 3.10. The van der Waals surface area contributed by atoms with Crippen molar-refractivity contribution in [1.82, 2.24) is 9.78 Å². The maximum absolute atomic E-state index is 6.49. The summed E-state index contributed by atoms with van der Waals surface area (Å²) in [7, 11) is 0. The van der Waals surface area contributed by atoms with Gasteiger partial charge in [0.05, 0.1) is 23.0 Å². The second kappa shape index (κ2) is 5.84. The molecular weight excluding hydrogens is 258 g/mol. The van der Waals surface area contributed by atoms with Gasteiger partial charge in [-0.3, -0.25) is 4.68 Å². The molecule has 4 heteroatoms. The van der Waals surface area contributed by atoms with E-state index < -0.39 is 0 Å². The van der Waals surface area contributed by atoms with Crippen LogP contribution in [0.1, 0.15) is 64.6 Å². The molecule has 108 valence electrons. The van der Waals surface area contributed by atoms with Crippen molar-refractivity contribution in [3.8, 4) is 0 Å². The number of hydrogen-bond donors (Lipinski definition) is 1. The Balaban J connectivity index is 2.11. The van der Waals surface area contributed by atoms with Crippen LogP contribution in [0.25, 0.3) is 0 Å². The van der Waals surface area contributed by atoms with Gasteiger partial charge in [-0.1, -0.05) is 32.4 Å². The average Bonchev–Trinajstić information content (AvgIpc) is 2.70. The molecular formula is C15H26ClN3. The number of hydrogen-bond acceptors (Lipinski definition) is 2. The largest absolute Gasteiger partial charge is 0.322 e. The van der Waals surface area contributed by atoms with Crippen molar-refractivity contribution in [2.45, 2.75) is 65.5 Å². The van der Waals surface area contributed by atoms with Crippen molar-refractivity contribution in [3.63, 3.8) is 0 Å². The third-order valence-electron chi connectivity index (χ3n) is 4.48. The van der Waals surface area contributed by atoms with E-state index in [9.17, 15) is 0 Å². The SMILES string of the molecule is CCCn1ncc(Cl)c1C(N)C1CCC(C)(C)CC1. The van der Waals surface area contributed by atoms with Gasteiger partial charge < -0.3 is 5.73 Å². The normalized spacial score (nSPS) is 21.5. The summed E-state index contributed by atoms with van der Waals surface area (Å²) in [5.41, 5.74) is 8.00. The first-order valence-electron chi connectivity index (χ1n) is 7.41. The molecule has 0 saturated heterocycles. The van der Waals surface area contributed by atoms with Crippen LogP contribution >= 0.6 is 11.6 Å². The first-order valence-corrected chi connectivity index (χ1v) is 7.79. The van der Waals surface area contributed by atoms with Gasteiger partial charge in [0.15, 0.2) is 0 Å². The van der Waals surface area contributed by atoms with Crippen LogP contribution in [0.2, 0.25) is 5.02 Å². The highest BCUT2D eigenvalue weighted by Crippen LogP contribution is 2.42. The van der Waals surface area contributed by atoms with Crippen molar-refractivity contribution >= 4 is 11.6 Å². The summed E-state index contributed by atoms with van der Waals surface area (Å²) >= 11 is 6.29. The quantitative estimate of drug-likeness (QED) is 0.901. The fraction of sp³-hybridized carbons (Fsp3) is 0.800. The summed E-state index contributed by atoms with van der Waals surface area (Å²) in [5, 5.41) is 5.08. The van der Waals surface area contributed by atoms with Crippen LogP contribution in [0.15, 0.2) is 6.20 Å². The number of aromatic nitrogens is 2. The minimum Gasteiger partial charge on any atom is -0.322 e. The van der Waals surface area contributed by atoms with E-state index >= 15 is 0 Å². The fourth-order valence-corrected chi connectivity index (χ4v) is 3.36. The summed E-state index contributed by atoms with van der Waals surface area (Å²) in [6.07, 6.45) is 7.69. The van der Waals surface area contributed by atoms with E-state index in [2.05, 4.69) is 25.9 Å². The molecule has 3 nitrogen and oxygen atoms in total. The van der Waals surface area contributed by atoms with Gasteiger partial charge in [-0.05, 0) is 43.4 Å². The molecule has 1 aromatic rings. The third kappa shape index (κ3) is 3.32. The van der Waals surface area contributed by atoms with Crippen LogP contribution in [0.4, 0.5) is 0 Å². The molecule has 0 spiro atoms. The van der Waals surface area contributed by atoms with E-state index in [1.807, 2.05) is 4.68 Å². The summed E-state index contributed by atoms with van der Waals surface area (Å²) in [5.74, 6) is 0.540. The van der Waals surface area contributed by atoms with E-state index in [4.69, 9.17) is 17.3 Å². The molecule has 0 aliphatic heterocycles. The molecule has 1 aliphatic rings. The Kier molecular flexibility index (Phi) is 4.57. The highest BCUT2D eigenvalue weighted by Gasteiger charge is 2.32. The van der Waals surface area contributed by atoms with E-state index in [1.54, 1.807) is 6.20 Å². The van der Waals surface area contributed by atoms with Gasteiger partial charge >= 0.3 is 0 Å². The smallest absolute Gasteiger partial charge is 0.0834 e. The highest BCUT2D eigenvalue weighted by molar-refractivity contribution is 6.31. The zero-order chi connectivity index (χ0) is 14.0. The Hall–Kier alpha value is -0.540. The van der Waals surface area contributed by atoms with Gasteiger partial charge in [-0.15, -0.1) is 0 Å². The van der Waals surface area contributed by atoms with E-state index in [0.29, 0.717) is 11.3 Å². The maximum Gasteiger partial charge on any atom is 0.0834 e. The Labute approximate surface area is 121 Å². The van der Waals surface area contributed by atoms with Crippen LogP contribution in [0.3, 0.4) is 0 Å². The molecule has 0 radical (unpaired) electrons. The van der Waals surface area contributed by atoms with Gasteiger partial charge in [0, 0.05) is 6.54 Å². The number of halogens is 1. The van der Waals surface area contributed by atoms with E-state index in [-0.39, 0.29) is 6.04 Å². The molecule has 1 atom stereocenters. The van der Waals surface area contributed by atoms with Crippen LogP contribution in [-0.4, -0.2) is 9.78 Å². The summed E-state index contributed by atoms with van der Waals surface area (Å²) < 4.78 is 1.99. The molecule has 0 bridgehead atoms. The predicted molar refractivity (Wildman–Crippen MR) is 80.2 cm³/mol. The molecule has 0 amide bonds. The maximum atomic E-state index is 6.49. The third-order valence-corrected chi connectivity index (χ3v) is 4.77. The highest BCUT2D eigenvalue weighted by atomic mass is 35.5. The lowest BCUT2D eigenvalue weighted by atomic mass is 9.71. The van der Waals surface area contributed by atoms with Crippen LogP contribution in [0.5, 0.6) is 0 Å². The zero-order valence-corrected chi connectivity index (χ0v) is 13.1. The molecule has 19 heavy (non-hydrogen) atoms.